The first-order valence-electron chi connectivity index (χ1n) is 7.18. The predicted octanol–water partition coefficient (Wildman–Crippen LogP) is 3.08. The third-order valence-electron chi connectivity index (χ3n) is 3.62. The molecule has 0 saturated carbocycles. The molecule has 5 nitrogen and oxygen atoms in total. The van der Waals surface area contributed by atoms with Crippen LogP contribution in [0.15, 0.2) is 41.1 Å². The van der Waals surface area contributed by atoms with E-state index < -0.39 is 0 Å². The fourth-order valence-electron chi connectivity index (χ4n) is 2.42. The van der Waals surface area contributed by atoms with Gasteiger partial charge < -0.3 is 14.7 Å². The highest BCUT2D eigenvalue weighted by Gasteiger charge is 2.12. The Morgan fingerprint density at radius 3 is 2.87 bits per heavy atom. The number of aromatic amines is 1. The average Bonchev–Trinajstić information content (AvgIpc) is 3.14. The molecular weight excluding hydrogens is 299 g/mol. The van der Waals surface area contributed by atoms with E-state index in [1.165, 1.54) is 31.4 Å². The predicted molar refractivity (Wildman–Crippen MR) is 83.0 cm³/mol. The molecule has 0 spiro atoms. The average molecular weight is 314 g/mol. The van der Waals surface area contributed by atoms with E-state index in [1.54, 1.807) is 6.07 Å². The lowest BCUT2D eigenvalue weighted by molar-refractivity contribution is 0.0951. The first-order chi connectivity index (χ1) is 11.0. The van der Waals surface area contributed by atoms with Gasteiger partial charge in [0.2, 0.25) is 0 Å². The zero-order chi connectivity index (χ0) is 16.4. The van der Waals surface area contributed by atoms with E-state index in [1.807, 2.05) is 6.20 Å². The lowest BCUT2D eigenvalue weighted by Crippen LogP contribution is -2.25. The Labute approximate surface area is 131 Å². The smallest absolute Gasteiger partial charge is 0.254 e. The van der Waals surface area contributed by atoms with E-state index in [2.05, 4.69) is 10.3 Å². The number of amides is 1. The number of hydrogen-bond donors (Lipinski definition) is 2. The van der Waals surface area contributed by atoms with Crippen molar-refractivity contribution in [1.82, 2.24) is 10.3 Å². The summed E-state index contributed by atoms with van der Waals surface area (Å²) in [6.07, 6.45) is 3.68. The van der Waals surface area contributed by atoms with Gasteiger partial charge in [0.25, 0.3) is 5.91 Å². The molecule has 0 fully saturated rings. The van der Waals surface area contributed by atoms with E-state index in [4.69, 9.17) is 4.42 Å². The molecule has 0 unspecified atom stereocenters. The molecule has 0 bridgehead atoms. The molecule has 3 aromatic rings. The highest BCUT2D eigenvalue weighted by Crippen LogP contribution is 2.19. The van der Waals surface area contributed by atoms with Crippen molar-refractivity contribution in [3.63, 3.8) is 0 Å². The summed E-state index contributed by atoms with van der Waals surface area (Å²) in [5.41, 5.74) is 2.04. The van der Waals surface area contributed by atoms with Crippen LogP contribution < -0.4 is 5.32 Å². The van der Waals surface area contributed by atoms with E-state index in [-0.39, 0.29) is 23.3 Å². The number of hydrogen-bond acceptors (Lipinski definition) is 3. The number of carbonyl (C=O) groups is 2. The Morgan fingerprint density at radius 2 is 2.13 bits per heavy atom. The second kappa shape index (κ2) is 6.08. The van der Waals surface area contributed by atoms with Crippen LogP contribution in [0.25, 0.3) is 10.9 Å². The summed E-state index contributed by atoms with van der Waals surface area (Å²) in [6.45, 7) is 1.80. The second-order valence-electron chi connectivity index (χ2n) is 5.27. The molecule has 23 heavy (non-hydrogen) atoms. The van der Waals surface area contributed by atoms with Crippen molar-refractivity contribution in [3.05, 3.63) is 59.4 Å². The first kappa shape index (κ1) is 15.0. The minimum Gasteiger partial charge on any atom is -0.460 e. The van der Waals surface area contributed by atoms with Gasteiger partial charge in [-0.2, -0.15) is 0 Å². The molecule has 3 rings (SSSR count). The molecule has 0 aliphatic heterocycles. The van der Waals surface area contributed by atoms with Crippen molar-refractivity contribution < 1.29 is 18.4 Å². The summed E-state index contributed by atoms with van der Waals surface area (Å²) in [7, 11) is 0. The van der Waals surface area contributed by atoms with Gasteiger partial charge in [0, 0.05) is 36.6 Å². The highest BCUT2D eigenvalue weighted by molar-refractivity contribution is 5.98. The number of furan rings is 1. The number of fused-ring (bicyclic) bond motifs is 1. The Kier molecular flexibility index (Phi) is 3.97. The number of aromatic nitrogens is 1. The molecule has 2 N–H and O–H groups in total. The van der Waals surface area contributed by atoms with Crippen LogP contribution in [-0.2, 0) is 6.42 Å². The van der Waals surface area contributed by atoms with E-state index in [0.717, 1.165) is 16.5 Å². The number of H-pyrrole nitrogens is 1. The maximum absolute atomic E-state index is 13.1. The van der Waals surface area contributed by atoms with Crippen LogP contribution >= 0.6 is 0 Å². The summed E-state index contributed by atoms with van der Waals surface area (Å²) >= 11 is 0. The number of carbonyl (C=O) groups excluding carboxylic acids is 2. The Balaban J connectivity index is 1.61. The van der Waals surface area contributed by atoms with Crippen molar-refractivity contribution in [3.8, 4) is 0 Å². The van der Waals surface area contributed by atoms with Gasteiger partial charge >= 0.3 is 0 Å². The van der Waals surface area contributed by atoms with Gasteiger partial charge in [-0.25, -0.2) is 4.39 Å². The molecule has 2 aromatic heterocycles. The summed E-state index contributed by atoms with van der Waals surface area (Å²) in [6, 6.07) is 5.98. The van der Waals surface area contributed by atoms with Gasteiger partial charge in [0.05, 0.1) is 5.56 Å². The molecule has 6 heteroatoms. The van der Waals surface area contributed by atoms with Crippen LogP contribution in [0.3, 0.4) is 0 Å². The quantitative estimate of drug-likeness (QED) is 0.711. The van der Waals surface area contributed by atoms with E-state index in [9.17, 15) is 14.0 Å². The van der Waals surface area contributed by atoms with Crippen LogP contribution in [0, 0.1) is 5.82 Å². The Hall–Kier alpha value is -2.89. The number of halogens is 1. The molecule has 0 aliphatic rings. The van der Waals surface area contributed by atoms with Gasteiger partial charge in [0.15, 0.2) is 11.5 Å². The van der Waals surface area contributed by atoms with Crippen LogP contribution in [-0.4, -0.2) is 23.2 Å². The SMILES string of the molecule is CC(=O)c1cc(C(=O)NCCc2c[nH]c3cc(F)ccc23)co1. The summed E-state index contributed by atoms with van der Waals surface area (Å²) in [5.74, 6) is -0.656. The lowest BCUT2D eigenvalue weighted by Gasteiger charge is -2.03. The number of benzene rings is 1. The first-order valence-corrected chi connectivity index (χ1v) is 7.18. The van der Waals surface area contributed by atoms with E-state index in [0.29, 0.717) is 18.5 Å². The third kappa shape index (κ3) is 3.15. The van der Waals surface area contributed by atoms with Crippen LogP contribution in [0.5, 0.6) is 0 Å². The van der Waals surface area contributed by atoms with Crippen LogP contribution in [0.1, 0.15) is 33.4 Å². The largest absolute Gasteiger partial charge is 0.460 e. The Morgan fingerprint density at radius 1 is 1.30 bits per heavy atom. The monoisotopic (exact) mass is 314 g/mol. The molecule has 0 saturated heterocycles. The minimum absolute atomic E-state index is 0.161. The second-order valence-corrected chi connectivity index (χ2v) is 5.27. The maximum Gasteiger partial charge on any atom is 0.254 e. The third-order valence-corrected chi connectivity index (χ3v) is 3.62. The van der Waals surface area contributed by atoms with Crippen molar-refractivity contribution >= 4 is 22.6 Å². The molecule has 118 valence electrons. The van der Waals surface area contributed by atoms with Crippen LogP contribution in [0.4, 0.5) is 4.39 Å². The van der Waals surface area contributed by atoms with Gasteiger partial charge in [-0.15, -0.1) is 0 Å². The lowest BCUT2D eigenvalue weighted by atomic mass is 10.1. The molecule has 1 aromatic carbocycles. The van der Waals surface area contributed by atoms with Crippen molar-refractivity contribution in [2.45, 2.75) is 13.3 Å². The number of nitrogens with one attached hydrogen (secondary N) is 2. The number of rotatable bonds is 5. The molecule has 0 aliphatic carbocycles. The summed E-state index contributed by atoms with van der Waals surface area (Å²) < 4.78 is 18.2. The van der Waals surface area contributed by atoms with Crippen molar-refractivity contribution in [1.29, 1.82) is 0 Å². The number of Topliss-reactive ketones (excluding diaryl/α,β-unsaturated/α-hetero) is 1. The molecule has 1 amide bonds. The highest BCUT2D eigenvalue weighted by atomic mass is 19.1. The van der Waals surface area contributed by atoms with Gasteiger partial charge in [-0.3, -0.25) is 9.59 Å². The zero-order valence-electron chi connectivity index (χ0n) is 12.5. The minimum atomic E-state index is -0.299. The van der Waals surface area contributed by atoms with Gasteiger partial charge in [-0.1, -0.05) is 0 Å². The molecule has 2 heterocycles. The van der Waals surface area contributed by atoms with Crippen LogP contribution in [0.2, 0.25) is 0 Å². The zero-order valence-corrected chi connectivity index (χ0v) is 12.5. The molecular formula is C17H15FN2O3. The summed E-state index contributed by atoms with van der Waals surface area (Å²) in [4.78, 5) is 26.1. The normalized spacial score (nSPS) is 10.9. The topological polar surface area (TPSA) is 75.1 Å². The van der Waals surface area contributed by atoms with Gasteiger partial charge in [0.1, 0.15) is 12.1 Å². The fourth-order valence-corrected chi connectivity index (χ4v) is 2.42. The van der Waals surface area contributed by atoms with Crippen molar-refractivity contribution in [2.24, 2.45) is 0 Å². The van der Waals surface area contributed by atoms with Gasteiger partial charge in [-0.05, 0) is 30.2 Å². The number of ketones is 1. The maximum atomic E-state index is 13.1. The fraction of sp³-hybridized carbons (Fsp3) is 0.176. The standard InChI is InChI=1S/C17H15FN2O3/c1-10(21)16-6-12(9-23-16)17(22)19-5-4-11-8-20-15-7-13(18)2-3-14(11)15/h2-3,6-9,20H,4-5H2,1H3,(H,19,22). The summed E-state index contributed by atoms with van der Waals surface area (Å²) in [5, 5.41) is 3.70. The van der Waals surface area contributed by atoms with Crippen molar-refractivity contribution in [2.75, 3.05) is 6.54 Å². The molecule has 0 radical (unpaired) electrons. The van der Waals surface area contributed by atoms with E-state index >= 15 is 0 Å². The molecule has 0 atom stereocenters. The Bertz CT molecular complexity index is 879.